The SMILES string of the molecule is Cc1nnc2c(N3CC(N(C)c4ncnc5c4ncn5C)C3)nccn12. The highest BCUT2D eigenvalue weighted by molar-refractivity contribution is 5.83. The lowest BCUT2D eigenvalue weighted by molar-refractivity contribution is 0.490. The number of hydrogen-bond acceptors (Lipinski definition) is 8. The van der Waals surface area contributed by atoms with Gasteiger partial charge < -0.3 is 14.4 Å². The summed E-state index contributed by atoms with van der Waals surface area (Å²) in [6.45, 7) is 3.62. The highest BCUT2D eigenvalue weighted by atomic mass is 15.4. The second kappa shape index (κ2) is 5.35. The maximum Gasteiger partial charge on any atom is 0.203 e. The van der Waals surface area contributed by atoms with Crippen LogP contribution in [-0.2, 0) is 7.05 Å². The van der Waals surface area contributed by atoms with E-state index in [9.17, 15) is 0 Å². The van der Waals surface area contributed by atoms with Crippen LogP contribution in [0.3, 0.4) is 0 Å². The van der Waals surface area contributed by atoms with Crippen LogP contribution in [0.2, 0.25) is 0 Å². The molecule has 0 saturated carbocycles. The van der Waals surface area contributed by atoms with Crippen LogP contribution in [0.15, 0.2) is 25.0 Å². The lowest BCUT2D eigenvalue weighted by Gasteiger charge is -2.44. The van der Waals surface area contributed by atoms with Crippen LogP contribution >= 0.6 is 0 Å². The van der Waals surface area contributed by atoms with Gasteiger partial charge in [-0.3, -0.25) is 4.40 Å². The number of aryl methyl sites for hydroxylation is 2. The number of rotatable bonds is 3. The molecule has 4 aromatic heterocycles. The van der Waals surface area contributed by atoms with Crippen molar-refractivity contribution in [3.8, 4) is 0 Å². The summed E-state index contributed by atoms with van der Waals surface area (Å²) in [7, 11) is 3.98. The summed E-state index contributed by atoms with van der Waals surface area (Å²) in [6, 6.07) is 0.321. The van der Waals surface area contributed by atoms with Crippen LogP contribution in [-0.4, -0.2) is 65.3 Å². The monoisotopic (exact) mass is 350 g/mol. The van der Waals surface area contributed by atoms with Crippen LogP contribution in [0.4, 0.5) is 11.6 Å². The minimum atomic E-state index is 0.321. The second-order valence-electron chi connectivity index (χ2n) is 6.59. The lowest BCUT2D eigenvalue weighted by Crippen LogP contribution is -2.59. The third-order valence-electron chi connectivity index (χ3n) is 5.00. The number of hydrogen-bond donors (Lipinski definition) is 0. The Morgan fingerprint density at radius 2 is 1.92 bits per heavy atom. The zero-order valence-corrected chi connectivity index (χ0v) is 14.8. The van der Waals surface area contributed by atoms with E-state index in [1.165, 1.54) is 0 Å². The number of aromatic nitrogens is 8. The molecule has 5 heterocycles. The molecule has 1 aliphatic heterocycles. The van der Waals surface area contributed by atoms with Gasteiger partial charge in [-0.25, -0.2) is 19.9 Å². The van der Waals surface area contributed by atoms with E-state index in [1.54, 1.807) is 18.9 Å². The number of anilines is 2. The average Bonchev–Trinajstić information content (AvgIpc) is 3.18. The zero-order chi connectivity index (χ0) is 17.8. The molecule has 132 valence electrons. The summed E-state index contributed by atoms with van der Waals surface area (Å²) in [4.78, 5) is 22.1. The molecule has 0 aliphatic carbocycles. The molecule has 0 N–H and O–H groups in total. The molecule has 0 atom stereocenters. The van der Waals surface area contributed by atoms with Gasteiger partial charge in [-0.2, -0.15) is 0 Å². The number of imidazole rings is 1. The Labute approximate surface area is 149 Å². The molecule has 1 saturated heterocycles. The van der Waals surface area contributed by atoms with Gasteiger partial charge in [0, 0.05) is 39.6 Å². The van der Waals surface area contributed by atoms with Gasteiger partial charge in [0.25, 0.3) is 0 Å². The molecule has 0 spiro atoms. The van der Waals surface area contributed by atoms with Crippen molar-refractivity contribution in [2.75, 3.05) is 29.9 Å². The molecule has 0 amide bonds. The molecule has 0 aromatic carbocycles. The smallest absolute Gasteiger partial charge is 0.203 e. The van der Waals surface area contributed by atoms with E-state index in [1.807, 2.05) is 36.2 Å². The largest absolute Gasteiger partial charge is 0.351 e. The van der Waals surface area contributed by atoms with Gasteiger partial charge in [0.2, 0.25) is 5.65 Å². The molecular formula is C16H18N10. The van der Waals surface area contributed by atoms with Crippen LogP contribution < -0.4 is 9.80 Å². The Morgan fingerprint density at radius 1 is 1.08 bits per heavy atom. The number of fused-ring (bicyclic) bond motifs is 2. The number of likely N-dealkylation sites (N-methyl/N-ethyl adjacent to an activating group) is 1. The van der Waals surface area contributed by atoms with Gasteiger partial charge in [-0.05, 0) is 6.92 Å². The van der Waals surface area contributed by atoms with E-state index < -0.39 is 0 Å². The summed E-state index contributed by atoms with van der Waals surface area (Å²) in [5.41, 5.74) is 2.45. The quantitative estimate of drug-likeness (QED) is 0.525. The molecule has 4 aromatic rings. The van der Waals surface area contributed by atoms with Crippen molar-refractivity contribution in [2.24, 2.45) is 7.05 Å². The highest BCUT2D eigenvalue weighted by Gasteiger charge is 2.34. The van der Waals surface area contributed by atoms with Crippen LogP contribution in [0.1, 0.15) is 5.82 Å². The minimum absolute atomic E-state index is 0.321. The van der Waals surface area contributed by atoms with Crippen molar-refractivity contribution in [2.45, 2.75) is 13.0 Å². The average molecular weight is 350 g/mol. The lowest BCUT2D eigenvalue weighted by atomic mass is 10.1. The van der Waals surface area contributed by atoms with Crippen molar-refractivity contribution in [3.05, 3.63) is 30.9 Å². The maximum atomic E-state index is 4.50. The first-order chi connectivity index (χ1) is 12.6. The molecule has 26 heavy (non-hydrogen) atoms. The van der Waals surface area contributed by atoms with Gasteiger partial charge in [0.1, 0.15) is 12.2 Å². The first-order valence-corrected chi connectivity index (χ1v) is 8.39. The number of nitrogens with zero attached hydrogens (tertiary/aromatic N) is 10. The standard InChI is InChI=1S/C16H18N10/c1-10-21-22-16-15(17-4-5-26(10)16)25-6-11(7-25)24(3)14-12-13(18-8-19-14)23(2)9-20-12/h4-5,8-9,11H,6-7H2,1-3H3. The van der Waals surface area contributed by atoms with Crippen LogP contribution in [0.25, 0.3) is 16.8 Å². The van der Waals surface area contributed by atoms with Crippen molar-refractivity contribution in [1.82, 2.24) is 39.1 Å². The van der Waals surface area contributed by atoms with Crippen molar-refractivity contribution in [3.63, 3.8) is 0 Å². The Bertz CT molecular complexity index is 1110. The molecule has 10 heteroatoms. The third-order valence-corrected chi connectivity index (χ3v) is 5.00. The molecule has 1 fully saturated rings. The fourth-order valence-corrected chi connectivity index (χ4v) is 3.39. The normalized spacial score (nSPS) is 15.0. The van der Waals surface area contributed by atoms with E-state index in [4.69, 9.17) is 0 Å². The predicted octanol–water partition coefficient (Wildman–Crippen LogP) is 0.434. The Morgan fingerprint density at radius 3 is 2.77 bits per heavy atom. The van der Waals surface area contributed by atoms with E-state index in [0.29, 0.717) is 6.04 Å². The summed E-state index contributed by atoms with van der Waals surface area (Å²) in [5, 5.41) is 8.40. The van der Waals surface area contributed by atoms with E-state index in [0.717, 1.165) is 47.4 Å². The fraction of sp³-hybridized carbons (Fsp3) is 0.375. The third kappa shape index (κ3) is 2.04. The van der Waals surface area contributed by atoms with E-state index in [2.05, 4.69) is 39.9 Å². The molecule has 5 rings (SSSR count). The summed E-state index contributed by atoms with van der Waals surface area (Å²) in [6.07, 6.45) is 7.03. The Balaban J connectivity index is 1.40. The molecule has 1 aliphatic rings. The van der Waals surface area contributed by atoms with Crippen molar-refractivity contribution < 1.29 is 0 Å². The highest BCUT2D eigenvalue weighted by Crippen LogP contribution is 2.28. The topological polar surface area (TPSA) is 93.2 Å². The van der Waals surface area contributed by atoms with Crippen LogP contribution in [0.5, 0.6) is 0 Å². The van der Waals surface area contributed by atoms with E-state index in [-0.39, 0.29) is 0 Å². The minimum Gasteiger partial charge on any atom is -0.351 e. The fourth-order valence-electron chi connectivity index (χ4n) is 3.39. The summed E-state index contributed by atoms with van der Waals surface area (Å²) < 4.78 is 3.86. The van der Waals surface area contributed by atoms with Gasteiger partial charge in [-0.1, -0.05) is 0 Å². The van der Waals surface area contributed by atoms with E-state index >= 15 is 0 Å². The Hall–Kier alpha value is -3.30. The van der Waals surface area contributed by atoms with Crippen LogP contribution in [0, 0.1) is 6.92 Å². The summed E-state index contributed by atoms with van der Waals surface area (Å²) in [5.74, 6) is 2.57. The molecule has 10 nitrogen and oxygen atoms in total. The predicted molar refractivity (Wildman–Crippen MR) is 96.2 cm³/mol. The zero-order valence-electron chi connectivity index (χ0n) is 14.8. The molecule has 0 radical (unpaired) electrons. The van der Waals surface area contributed by atoms with Gasteiger partial charge in [-0.15, -0.1) is 10.2 Å². The molecule has 0 bridgehead atoms. The second-order valence-corrected chi connectivity index (χ2v) is 6.59. The van der Waals surface area contributed by atoms with Crippen molar-refractivity contribution >= 4 is 28.4 Å². The first kappa shape index (κ1) is 15.0. The van der Waals surface area contributed by atoms with Gasteiger partial charge >= 0.3 is 0 Å². The first-order valence-electron chi connectivity index (χ1n) is 8.39. The maximum absolute atomic E-state index is 4.50. The Kier molecular flexibility index (Phi) is 3.08. The van der Waals surface area contributed by atoms with Gasteiger partial charge in [0.05, 0.1) is 12.4 Å². The summed E-state index contributed by atoms with van der Waals surface area (Å²) >= 11 is 0. The molecular weight excluding hydrogens is 332 g/mol. The molecule has 0 unspecified atom stereocenters. The van der Waals surface area contributed by atoms with Gasteiger partial charge in [0.15, 0.2) is 22.8 Å². The van der Waals surface area contributed by atoms with Crippen molar-refractivity contribution in [1.29, 1.82) is 0 Å².